The van der Waals surface area contributed by atoms with Gasteiger partial charge in [0.05, 0.1) is 0 Å². The predicted octanol–water partition coefficient (Wildman–Crippen LogP) is 3.42. The number of ether oxygens (including phenoxy) is 1. The lowest BCUT2D eigenvalue weighted by Gasteiger charge is -2.34. The Hall–Kier alpha value is -1.88. The predicted molar refractivity (Wildman–Crippen MR) is 115 cm³/mol. The molecule has 2 saturated heterocycles. The third-order valence-corrected chi connectivity index (χ3v) is 8.33. The van der Waals surface area contributed by atoms with Crippen LogP contribution in [-0.4, -0.2) is 49.1 Å². The summed E-state index contributed by atoms with van der Waals surface area (Å²) in [5, 5.41) is 3.34. The molecule has 2 saturated carbocycles. The smallest absolute Gasteiger partial charge is 0.251 e. The van der Waals surface area contributed by atoms with Crippen LogP contribution in [0.5, 0.6) is 0 Å². The molecule has 0 radical (unpaired) electrons. The number of hydrogen-bond acceptors (Lipinski definition) is 3. The van der Waals surface area contributed by atoms with Gasteiger partial charge in [-0.1, -0.05) is 43.2 Å². The van der Waals surface area contributed by atoms with Crippen molar-refractivity contribution < 1.29 is 14.3 Å². The van der Waals surface area contributed by atoms with Crippen molar-refractivity contribution in [3.05, 3.63) is 35.9 Å². The van der Waals surface area contributed by atoms with Crippen molar-refractivity contribution in [2.45, 2.75) is 69.3 Å². The van der Waals surface area contributed by atoms with Gasteiger partial charge in [0.15, 0.2) is 0 Å². The highest BCUT2D eigenvalue weighted by Crippen LogP contribution is 2.59. The summed E-state index contributed by atoms with van der Waals surface area (Å²) in [5.41, 5.74) is 1.61. The molecule has 4 aliphatic rings. The molecule has 1 spiro atoms. The molecule has 2 heterocycles. The second-order valence-electron chi connectivity index (χ2n) is 10.0. The Balaban J connectivity index is 1.15. The standard InChI is InChI=1S/C25H34N2O3/c28-22(26-18-25(10-4-5-11-25)19-7-2-1-3-8-19)20-17-24(20)12-14-27(15-13-24)23(29)21-9-6-16-30-21/h1-3,7-8,20-21H,4-6,9-18H2,(H,26,28)/t20-,21-/m0/s1. The van der Waals surface area contributed by atoms with Gasteiger partial charge in [0.1, 0.15) is 6.10 Å². The molecule has 5 nitrogen and oxygen atoms in total. The number of piperidine rings is 1. The van der Waals surface area contributed by atoms with E-state index >= 15 is 0 Å². The number of carbonyl (C=O) groups is 2. The van der Waals surface area contributed by atoms with Crippen LogP contribution in [0, 0.1) is 11.3 Å². The Morgan fingerprint density at radius 1 is 1.03 bits per heavy atom. The number of hydrogen-bond donors (Lipinski definition) is 1. The Kier molecular flexibility index (Phi) is 5.34. The number of likely N-dealkylation sites (tertiary alicyclic amines) is 1. The van der Waals surface area contributed by atoms with E-state index in [1.54, 1.807) is 0 Å². The molecule has 2 aliphatic heterocycles. The van der Waals surface area contributed by atoms with Crippen LogP contribution in [0.3, 0.4) is 0 Å². The summed E-state index contributed by atoms with van der Waals surface area (Å²) in [6.45, 7) is 3.01. The van der Waals surface area contributed by atoms with E-state index in [4.69, 9.17) is 4.74 Å². The summed E-state index contributed by atoms with van der Waals surface area (Å²) in [5.74, 6) is 0.526. The molecular formula is C25H34N2O3. The minimum Gasteiger partial charge on any atom is -0.368 e. The molecule has 30 heavy (non-hydrogen) atoms. The zero-order valence-corrected chi connectivity index (χ0v) is 17.9. The van der Waals surface area contributed by atoms with Crippen LogP contribution in [-0.2, 0) is 19.7 Å². The normalized spacial score (nSPS) is 29.1. The van der Waals surface area contributed by atoms with Gasteiger partial charge in [-0.3, -0.25) is 9.59 Å². The molecule has 5 heteroatoms. The van der Waals surface area contributed by atoms with Crippen LogP contribution in [0.2, 0.25) is 0 Å². The molecule has 162 valence electrons. The van der Waals surface area contributed by atoms with Crippen LogP contribution in [0.1, 0.15) is 63.4 Å². The first-order valence-corrected chi connectivity index (χ1v) is 11.9. The molecule has 1 aromatic carbocycles. The summed E-state index contributed by atoms with van der Waals surface area (Å²) in [6.07, 6.45) is 9.31. The molecule has 1 aromatic rings. The van der Waals surface area contributed by atoms with Crippen LogP contribution in [0.4, 0.5) is 0 Å². The van der Waals surface area contributed by atoms with Gasteiger partial charge >= 0.3 is 0 Å². The Morgan fingerprint density at radius 2 is 1.77 bits per heavy atom. The SMILES string of the molecule is O=C(NCC1(c2ccccc2)CCCC1)[C@@H]1CC12CCN(C(=O)[C@@H]1CCCO1)CC2. The number of rotatable bonds is 5. The van der Waals surface area contributed by atoms with Gasteiger partial charge < -0.3 is 15.0 Å². The highest BCUT2D eigenvalue weighted by atomic mass is 16.5. The van der Waals surface area contributed by atoms with Gasteiger partial charge in [-0.25, -0.2) is 0 Å². The summed E-state index contributed by atoms with van der Waals surface area (Å²) >= 11 is 0. The van der Waals surface area contributed by atoms with E-state index in [1.165, 1.54) is 18.4 Å². The molecule has 2 atom stereocenters. The van der Waals surface area contributed by atoms with E-state index in [0.29, 0.717) is 6.61 Å². The number of amides is 2. The minimum absolute atomic E-state index is 0.107. The van der Waals surface area contributed by atoms with Gasteiger partial charge in [0, 0.05) is 37.6 Å². The first-order chi connectivity index (χ1) is 14.6. The molecule has 0 unspecified atom stereocenters. The van der Waals surface area contributed by atoms with E-state index in [2.05, 4.69) is 35.6 Å². The van der Waals surface area contributed by atoms with Crippen LogP contribution >= 0.6 is 0 Å². The monoisotopic (exact) mass is 410 g/mol. The molecule has 2 amide bonds. The maximum absolute atomic E-state index is 13.0. The van der Waals surface area contributed by atoms with Crippen LogP contribution in [0.15, 0.2) is 30.3 Å². The van der Waals surface area contributed by atoms with Crippen LogP contribution < -0.4 is 5.32 Å². The van der Waals surface area contributed by atoms with E-state index in [-0.39, 0.29) is 34.7 Å². The van der Waals surface area contributed by atoms with Crippen molar-refractivity contribution in [1.82, 2.24) is 10.2 Å². The second-order valence-corrected chi connectivity index (χ2v) is 10.0. The quantitative estimate of drug-likeness (QED) is 0.809. The number of nitrogens with zero attached hydrogens (tertiary/aromatic N) is 1. The Bertz CT molecular complexity index is 773. The van der Waals surface area contributed by atoms with E-state index < -0.39 is 0 Å². The fourth-order valence-electron chi connectivity index (χ4n) is 6.21. The number of carbonyl (C=O) groups excluding carboxylic acids is 2. The van der Waals surface area contributed by atoms with Gasteiger partial charge in [0.2, 0.25) is 5.91 Å². The van der Waals surface area contributed by atoms with Crippen molar-refractivity contribution in [1.29, 1.82) is 0 Å². The third kappa shape index (κ3) is 3.66. The summed E-state index contributed by atoms with van der Waals surface area (Å²) in [6, 6.07) is 10.7. The van der Waals surface area contributed by atoms with Crippen molar-refractivity contribution in [3.8, 4) is 0 Å². The van der Waals surface area contributed by atoms with Crippen molar-refractivity contribution in [2.75, 3.05) is 26.2 Å². The van der Waals surface area contributed by atoms with E-state index in [0.717, 1.165) is 64.6 Å². The fourth-order valence-corrected chi connectivity index (χ4v) is 6.21. The Morgan fingerprint density at radius 3 is 2.43 bits per heavy atom. The third-order valence-electron chi connectivity index (χ3n) is 8.33. The molecule has 4 fully saturated rings. The number of benzene rings is 1. The average Bonchev–Trinajstić information content (AvgIpc) is 3.19. The number of nitrogens with one attached hydrogen (secondary N) is 1. The first-order valence-electron chi connectivity index (χ1n) is 11.9. The van der Waals surface area contributed by atoms with E-state index in [1.807, 2.05) is 4.90 Å². The topological polar surface area (TPSA) is 58.6 Å². The fraction of sp³-hybridized carbons (Fsp3) is 0.680. The van der Waals surface area contributed by atoms with Gasteiger partial charge in [-0.15, -0.1) is 0 Å². The second kappa shape index (κ2) is 7.99. The zero-order chi connectivity index (χ0) is 20.6. The Labute approximate surface area is 179 Å². The highest BCUT2D eigenvalue weighted by Gasteiger charge is 2.59. The lowest BCUT2D eigenvalue weighted by molar-refractivity contribution is -0.142. The minimum atomic E-state index is -0.224. The molecule has 5 rings (SSSR count). The molecule has 2 aliphatic carbocycles. The molecule has 0 aromatic heterocycles. The highest BCUT2D eigenvalue weighted by molar-refractivity contribution is 5.83. The molecular weight excluding hydrogens is 376 g/mol. The van der Waals surface area contributed by atoms with Gasteiger partial charge in [0.25, 0.3) is 5.91 Å². The molecule has 0 bridgehead atoms. The lowest BCUT2D eigenvalue weighted by Crippen LogP contribution is -2.45. The zero-order valence-electron chi connectivity index (χ0n) is 17.9. The maximum atomic E-state index is 13.0. The van der Waals surface area contributed by atoms with Crippen LogP contribution in [0.25, 0.3) is 0 Å². The largest absolute Gasteiger partial charge is 0.368 e. The lowest BCUT2D eigenvalue weighted by atomic mass is 9.78. The molecule has 1 N–H and O–H groups in total. The average molecular weight is 411 g/mol. The summed E-state index contributed by atoms with van der Waals surface area (Å²) in [4.78, 5) is 27.6. The van der Waals surface area contributed by atoms with Gasteiger partial charge in [-0.2, -0.15) is 0 Å². The maximum Gasteiger partial charge on any atom is 0.251 e. The van der Waals surface area contributed by atoms with Crippen molar-refractivity contribution in [2.24, 2.45) is 11.3 Å². The summed E-state index contributed by atoms with van der Waals surface area (Å²) in [7, 11) is 0. The van der Waals surface area contributed by atoms with Crippen molar-refractivity contribution >= 4 is 11.8 Å². The van der Waals surface area contributed by atoms with E-state index in [9.17, 15) is 9.59 Å². The van der Waals surface area contributed by atoms with Crippen molar-refractivity contribution in [3.63, 3.8) is 0 Å². The summed E-state index contributed by atoms with van der Waals surface area (Å²) < 4.78 is 5.57. The van der Waals surface area contributed by atoms with Gasteiger partial charge in [-0.05, 0) is 55.9 Å². The first kappa shape index (κ1) is 20.0.